The molecule has 5 heteroatoms. The molecule has 4 aliphatic carbocycles. The van der Waals surface area contributed by atoms with Crippen LogP contribution in [0.2, 0.25) is 0 Å². The molecule has 5 rings (SSSR count). The number of ketones is 1. The average Bonchev–Trinajstić information content (AvgIpc) is 3.41. The second-order valence-electron chi connectivity index (χ2n) is 12.5. The van der Waals surface area contributed by atoms with E-state index in [2.05, 4.69) is 52.8 Å². The molecule has 0 N–H and O–H groups in total. The summed E-state index contributed by atoms with van der Waals surface area (Å²) in [6.07, 6.45) is 11.6. The van der Waals surface area contributed by atoms with E-state index < -0.39 is 5.41 Å². The van der Waals surface area contributed by atoms with Gasteiger partial charge in [0, 0.05) is 17.8 Å². The molecule has 1 heterocycles. The summed E-state index contributed by atoms with van der Waals surface area (Å²) in [6.45, 7) is 15.1. The number of hydrogen-bond acceptors (Lipinski definition) is 5. The maximum absolute atomic E-state index is 13.5. The van der Waals surface area contributed by atoms with Gasteiger partial charge in [-0.25, -0.2) is 0 Å². The van der Waals surface area contributed by atoms with Crippen LogP contribution in [-0.2, 0) is 19.1 Å². The minimum atomic E-state index is -0.599. The van der Waals surface area contributed by atoms with Crippen LogP contribution in [0.3, 0.4) is 0 Å². The molecule has 5 nitrogen and oxygen atoms in total. The van der Waals surface area contributed by atoms with E-state index in [1.54, 1.807) is 6.26 Å². The molecule has 2 saturated carbocycles. The number of carbonyl (C=O) groups is 2. The first-order chi connectivity index (χ1) is 16.4. The van der Waals surface area contributed by atoms with Gasteiger partial charge in [-0.1, -0.05) is 46.3 Å². The van der Waals surface area contributed by atoms with Crippen LogP contribution in [0.25, 0.3) is 0 Å². The van der Waals surface area contributed by atoms with E-state index in [-0.39, 0.29) is 45.9 Å². The van der Waals surface area contributed by atoms with Gasteiger partial charge >= 0.3 is 5.97 Å². The van der Waals surface area contributed by atoms with Crippen LogP contribution >= 0.6 is 0 Å². The Kier molecular flexibility index (Phi) is 5.47. The number of fused-ring (bicyclic) bond motifs is 5. The number of Topliss-reactive ketones (excluding diaryl/α,β-unsaturated/α-hetero) is 1. The van der Waals surface area contributed by atoms with Crippen molar-refractivity contribution in [1.29, 1.82) is 0 Å². The molecule has 4 aliphatic rings. The van der Waals surface area contributed by atoms with Crippen molar-refractivity contribution in [2.45, 2.75) is 86.2 Å². The molecule has 0 aliphatic heterocycles. The maximum Gasteiger partial charge on any atom is 0.302 e. The highest BCUT2D eigenvalue weighted by molar-refractivity contribution is 5.99. The highest BCUT2D eigenvalue weighted by Crippen LogP contribution is 2.73. The van der Waals surface area contributed by atoms with E-state index in [0.717, 1.165) is 19.3 Å². The fourth-order valence-corrected chi connectivity index (χ4v) is 9.01. The molecule has 7 atom stereocenters. The second kappa shape index (κ2) is 7.85. The number of rotatable bonds is 4. The summed E-state index contributed by atoms with van der Waals surface area (Å²) in [5, 5.41) is 0. The fraction of sp³-hybridized carbons (Fsp3) is 0.667. The Morgan fingerprint density at radius 3 is 2.54 bits per heavy atom. The lowest BCUT2D eigenvalue weighted by Gasteiger charge is -2.66. The van der Waals surface area contributed by atoms with Gasteiger partial charge in [0.05, 0.1) is 19.1 Å². The normalized spacial score (nSPS) is 41.7. The van der Waals surface area contributed by atoms with Crippen LogP contribution in [0, 0.1) is 33.5 Å². The number of carbonyl (C=O) groups excluding carboxylic acids is 2. The molecule has 0 bridgehead atoms. The van der Waals surface area contributed by atoms with E-state index in [1.165, 1.54) is 18.1 Å². The highest BCUT2D eigenvalue weighted by atomic mass is 16.5. The smallest absolute Gasteiger partial charge is 0.302 e. The maximum atomic E-state index is 13.5. The van der Waals surface area contributed by atoms with Crippen molar-refractivity contribution in [3.05, 3.63) is 47.6 Å². The van der Waals surface area contributed by atoms with Crippen LogP contribution in [0.15, 0.2) is 46.5 Å². The van der Waals surface area contributed by atoms with E-state index >= 15 is 0 Å². The molecular formula is C30H40O5. The van der Waals surface area contributed by atoms with Gasteiger partial charge in [0.1, 0.15) is 6.10 Å². The van der Waals surface area contributed by atoms with Crippen molar-refractivity contribution in [2.24, 2.45) is 33.5 Å². The zero-order valence-electron chi connectivity index (χ0n) is 22.3. The molecule has 1 aromatic rings. The molecule has 0 radical (unpaired) electrons. The van der Waals surface area contributed by atoms with Gasteiger partial charge in [-0.3, -0.25) is 9.59 Å². The third-order valence-corrected chi connectivity index (χ3v) is 10.5. The van der Waals surface area contributed by atoms with Crippen LogP contribution < -0.4 is 0 Å². The molecule has 1 aromatic heterocycles. The minimum absolute atomic E-state index is 0.0246. The molecule has 2 fully saturated rings. The van der Waals surface area contributed by atoms with Crippen molar-refractivity contribution >= 4 is 11.8 Å². The Hall–Kier alpha value is -2.30. The number of ether oxygens (including phenoxy) is 2. The van der Waals surface area contributed by atoms with Crippen LogP contribution in [0.4, 0.5) is 0 Å². The van der Waals surface area contributed by atoms with E-state index in [9.17, 15) is 9.59 Å². The monoisotopic (exact) mass is 480 g/mol. The predicted molar refractivity (Wildman–Crippen MR) is 133 cm³/mol. The van der Waals surface area contributed by atoms with Gasteiger partial charge in [-0.15, -0.1) is 0 Å². The van der Waals surface area contributed by atoms with Crippen LogP contribution in [0.1, 0.15) is 85.6 Å². The summed E-state index contributed by atoms with van der Waals surface area (Å²) in [5.41, 5.74) is 1.46. The Balaban J connectivity index is 1.66. The van der Waals surface area contributed by atoms with Crippen molar-refractivity contribution in [1.82, 2.24) is 0 Å². The summed E-state index contributed by atoms with van der Waals surface area (Å²) in [7, 11) is 0. The third kappa shape index (κ3) is 3.18. The first-order valence-electron chi connectivity index (χ1n) is 13.2. The zero-order chi connectivity index (χ0) is 25.4. The van der Waals surface area contributed by atoms with Gasteiger partial charge in [-0.2, -0.15) is 0 Å². The first-order valence-corrected chi connectivity index (χ1v) is 13.2. The molecule has 35 heavy (non-hydrogen) atoms. The molecule has 0 spiro atoms. The lowest BCUT2D eigenvalue weighted by Crippen LogP contribution is -2.64. The largest absolute Gasteiger partial charge is 0.490 e. The molecule has 0 saturated heterocycles. The van der Waals surface area contributed by atoms with Gasteiger partial charge in [0.2, 0.25) is 5.78 Å². The second-order valence-corrected chi connectivity index (χ2v) is 12.5. The topological polar surface area (TPSA) is 65.7 Å². The van der Waals surface area contributed by atoms with Crippen LogP contribution in [-0.4, -0.2) is 24.5 Å². The number of furan rings is 1. The number of allylic oxidation sites excluding steroid dienone is 3. The van der Waals surface area contributed by atoms with Gasteiger partial charge in [-0.05, 0) is 78.9 Å². The predicted octanol–water partition coefficient (Wildman–Crippen LogP) is 6.60. The zero-order valence-corrected chi connectivity index (χ0v) is 22.3. The molecule has 0 amide bonds. The lowest BCUT2D eigenvalue weighted by atomic mass is 9.38. The fourth-order valence-electron chi connectivity index (χ4n) is 9.01. The molecule has 190 valence electrons. The SMILES string of the molecule is CCOC1=C[C@@]2(C)C(C[C@@H](OC(C)=O)[C@@]3(C)C4=CC[C@@H](c5ccoc5)[C@]4(C)CCC23)C(C)(C)C1=O. The third-order valence-electron chi connectivity index (χ3n) is 10.5. The van der Waals surface area contributed by atoms with E-state index in [0.29, 0.717) is 24.7 Å². The van der Waals surface area contributed by atoms with Crippen LogP contribution in [0.5, 0.6) is 0 Å². The van der Waals surface area contributed by atoms with Crippen molar-refractivity contribution in [3.8, 4) is 0 Å². The summed E-state index contributed by atoms with van der Waals surface area (Å²) in [4.78, 5) is 25.9. The van der Waals surface area contributed by atoms with E-state index in [4.69, 9.17) is 13.9 Å². The van der Waals surface area contributed by atoms with Crippen molar-refractivity contribution < 1.29 is 23.5 Å². The van der Waals surface area contributed by atoms with Crippen molar-refractivity contribution in [3.63, 3.8) is 0 Å². The quantitative estimate of drug-likeness (QED) is 0.359. The summed E-state index contributed by atoms with van der Waals surface area (Å²) in [5.74, 6) is 0.966. The molecular weight excluding hydrogens is 440 g/mol. The molecule has 2 unspecified atom stereocenters. The Morgan fingerprint density at radius 1 is 1.17 bits per heavy atom. The highest BCUT2D eigenvalue weighted by Gasteiger charge is 2.69. The van der Waals surface area contributed by atoms with E-state index in [1.807, 2.05) is 13.2 Å². The summed E-state index contributed by atoms with van der Waals surface area (Å²) < 4.78 is 17.6. The van der Waals surface area contributed by atoms with Gasteiger partial charge in [0.25, 0.3) is 0 Å². The summed E-state index contributed by atoms with van der Waals surface area (Å²) in [6, 6.07) is 2.09. The first kappa shape index (κ1) is 24.4. The lowest BCUT2D eigenvalue weighted by molar-refractivity contribution is -0.189. The van der Waals surface area contributed by atoms with Crippen molar-refractivity contribution in [2.75, 3.05) is 6.61 Å². The van der Waals surface area contributed by atoms with Gasteiger partial charge < -0.3 is 13.9 Å². The minimum Gasteiger partial charge on any atom is -0.490 e. The van der Waals surface area contributed by atoms with Gasteiger partial charge in [0.15, 0.2) is 5.76 Å². The average molecular weight is 481 g/mol. The Bertz CT molecular complexity index is 1090. The summed E-state index contributed by atoms with van der Waals surface area (Å²) >= 11 is 0. The number of hydrogen-bond donors (Lipinski definition) is 0. The Labute approximate surface area is 209 Å². The number of esters is 1. The Morgan fingerprint density at radius 2 is 1.91 bits per heavy atom. The molecule has 0 aromatic carbocycles. The standard InChI is InChI=1S/C30H40O5/c1-8-34-21-16-29(6)23-11-13-28(5)20(19-12-14-33-17-19)9-10-22(28)30(23,7)25(35-18(2)31)15-24(29)27(3,4)26(21)32/h10,12,14,16-17,20,23-25H,8-9,11,13,15H2,1-7H3/t20-,23?,24?,25+,28-,29+,30-/m0/s1.